The molecule has 0 fully saturated rings. The topological polar surface area (TPSA) is 126 Å². The van der Waals surface area contributed by atoms with E-state index in [4.69, 9.17) is 9.51 Å². The van der Waals surface area contributed by atoms with Gasteiger partial charge in [-0.25, -0.2) is 4.98 Å². The van der Waals surface area contributed by atoms with Gasteiger partial charge < -0.3 is 24.6 Å². The molecule has 0 aliphatic heterocycles. The Morgan fingerprint density at radius 2 is 1.82 bits per heavy atom. The molecule has 0 bridgehead atoms. The third-order valence-electron chi connectivity index (χ3n) is 5.38. The predicted molar refractivity (Wildman–Crippen MR) is 130 cm³/mol. The fourth-order valence-corrected chi connectivity index (χ4v) is 3.52. The van der Waals surface area contributed by atoms with Crippen molar-refractivity contribution in [2.75, 3.05) is 20.3 Å². The number of hydrogen-bond donors (Lipinski definition) is 3. The Labute approximate surface area is 194 Å². The lowest BCUT2D eigenvalue weighted by atomic mass is 10.1. The van der Waals surface area contributed by atoms with E-state index >= 15 is 0 Å². The molecule has 0 saturated carbocycles. The van der Waals surface area contributed by atoms with Crippen LogP contribution in [0.4, 0.5) is 0 Å². The number of hydrogen-bond acceptors (Lipinski definition) is 8. The molecule has 3 aromatic heterocycles. The van der Waals surface area contributed by atoms with Gasteiger partial charge in [0, 0.05) is 40.3 Å². The van der Waals surface area contributed by atoms with Gasteiger partial charge in [0.15, 0.2) is 5.76 Å². The second-order valence-electron chi connectivity index (χ2n) is 7.68. The molecule has 0 unspecified atom stereocenters. The Bertz CT molecular complexity index is 1310. The highest BCUT2D eigenvalue weighted by molar-refractivity contribution is 5.68. The molecule has 0 saturated heterocycles. The van der Waals surface area contributed by atoms with Crippen LogP contribution in [0.1, 0.15) is 21.6 Å². The summed E-state index contributed by atoms with van der Waals surface area (Å²) in [6, 6.07) is 12.1. The average molecular weight is 454 g/mol. The molecule has 0 radical (unpaired) electrons. The van der Waals surface area contributed by atoms with Crippen molar-refractivity contribution in [3.8, 4) is 34.0 Å². The first-order valence-electron chi connectivity index (χ1n) is 10.5. The van der Waals surface area contributed by atoms with Crippen LogP contribution in [0.25, 0.3) is 34.0 Å². The zero-order valence-electron chi connectivity index (χ0n) is 18.4. The predicted octanol–water partition coefficient (Wildman–Crippen LogP) is 2.92. The molecular formula is C24H31N5O4. The van der Waals surface area contributed by atoms with E-state index in [2.05, 4.69) is 15.5 Å². The van der Waals surface area contributed by atoms with Crippen LogP contribution in [0, 0.1) is 6.92 Å². The number of pyridine rings is 1. The lowest BCUT2D eigenvalue weighted by Crippen LogP contribution is -2.28. The maximum Gasteiger partial charge on any atom is 0.250 e. The second-order valence-corrected chi connectivity index (χ2v) is 7.68. The van der Waals surface area contributed by atoms with E-state index in [1.807, 2.05) is 44.3 Å². The summed E-state index contributed by atoms with van der Waals surface area (Å²) in [5.74, 6) is 0.480. The fourth-order valence-electron chi connectivity index (χ4n) is 3.52. The lowest BCUT2D eigenvalue weighted by molar-refractivity contribution is 0.152. The van der Waals surface area contributed by atoms with Gasteiger partial charge >= 0.3 is 0 Å². The maximum atomic E-state index is 12.2. The number of nitrogens with one attached hydrogen (secondary N) is 1. The van der Waals surface area contributed by atoms with E-state index < -0.39 is 6.04 Å². The van der Waals surface area contributed by atoms with Gasteiger partial charge in [-0.15, -0.1) is 0 Å². The number of aryl methyl sites for hydroxylation is 1. The molecule has 0 amide bonds. The Morgan fingerprint density at radius 3 is 2.52 bits per heavy atom. The highest BCUT2D eigenvalue weighted by Crippen LogP contribution is 2.28. The maximum absolute atomic E-state index is 12.2. The quantitative estimate of drug-likeness (QED) is 0.372. The number of aliphatic hydroxyl groups is 2. The standard InChI is InChI=1S/C24H25N5O4.3H2/c1-15-24(22-9-20(28-33-22)17-5-3-16(4-6-17)10-25-2)27-21(11-26-15)18-7-8-23(32)29(12-18)19(13-30)14-31;;;/h3-9,11-12,19,25,30-31H,10,13-14H2,1-2H3;3*1H. The summed E-state index contributed by atoms with van der Waals surface area (Å²) < 4.78 is 6.88. The molecule has 3 N–H and O–H groups in total. The monoisotopic (exact) mass is 453 g/mol. The summed E-state index contributed by atoms with van der Waals surface area (Å²) in [6.07, 6.45) is 3.16. The van der Waals surface area contributed by atoms with Crippen molar-refractivity contribution in [2.45, 2.75) is 19.5 Å². The molecule has 4 aromatic rings. The Balaban J connectivity index is 0.00000216. The molecular weight excluding hydrogens is 422 g/mol. The summed E-state index contributed by atoms with van der Waals surface area (Å²) in [5.41, 5.74) is 4.81. The van der Waals surface area contributed by atoms with Crippen LogP contribution in [0.2, 0.25) is 0 Å². The molecule has 0 aliphatic carbocycles. The molecule has 1 aromatic carbocycles. The molecule has 3 heterocycles. The summed E-state index contributed by atoms with van der Waals surface area (Å²) >= 11 is 0. The summed E-state index contributed by atoms with van der Waals surface area (Å²) in [7, 11) is 1.90. The molecule has 9 nitrogen and oxygen atoms in total. The van der Waals surface area contributed by atoms with E-state index in [-0.39, 0.29) is 23.1 Å². The molecule has 176 valence electrons. The number of nitrogens with zero attached hydrogens (tertiary/aromatic N) is 4. The summed E-state index contributed by atoms with van der Waals surface area (Å²) in [6.45, 7) is 1.90. The number of rotatable bonds is 8. The number of aliphatic hydroxyl groups excluding tert-OH is 2. The Morgan fingerprint density at radius 1 is 1.09 bits per heavy atom. The molecule has 0 aliphatic rings. The first-order valence-corrected chi connectivity index (χ1v) is 10.5. The van der Waals surface area contributed by atoms with Crippen molar-refractivity contribution in [1.82, 2.24) is 25.0 Å². The van der Waals surface area contributed by atoms with Crippen LogP contribution < -0.4 is 10.9 Å². The summed E-state index contributed by atoms with van der Waals surface area (Å²) in [5, 5.41) is 26.2. The van der Waals surface area contributed by atoms with Crippen LogP contribution in [0.15, 0.2) is 64.2 Å². The Hall–Kier alpha value is -3.66. The van der Waals surface area contributed by atoms with Gasteiger partial charge in [0.25, 0.3) is 5.56 Å². The van der Waals surface area contributed by atoms with Crippen LogP contribution in [-0.4, -0.2) is 50.2 Å². The van der Waals surface area contributed by atoms with Crippen LogP contribution in [0.3, 0.4) is 0 Å². The van der Waals surface area contributed by atoms with E-state index in [0.29, 0.717) is 34.1 Å². The smallest absolute Gasteiger partial charge is 0.250 e. The van der Waals surface area contributed by atoms with E-state index in [1.54, 1.807) is 18.5 Å². The third-order valence-corrected chi connectivity index (χ3v) is 5.38. The van der Waals surface area contributed by atoms with Crippen molar-refractivity contribution < 1.29 is 19.0 Å². The SMILES string of the molecule is CNCc1ccc(-c2cc(-c3nc(-c4ccc(=O)n(C(CO)CO)c4)cnc3C)on2)cc1.[HH].[HH].[HH]. The van der Waals surface area contributed by atoms with Crippen molar-refractivity contribution >= 4 is 0 Å². The lowest BCUT2D eigenvalue weighted by Gasteiger charge is -2.15. The minimum Gasteiger partial charge on any atom is -0.394 e. The van der Waals surface area contributed by atoms with Crippen molar-refractivity contribution in [3.05, 3.63) is 76.5 Å². The largest absolute Gasteiger partial charge is 0.394 e. The number of aromatic nitrogens is 4. The molecule has 0 atom stereocenters. The van der Waals surface area contributed by atoms with Gasteiger partial charge in [-0.3, -0.25) is 9.78 Å². The normalized spacial score (nSPS) is 11.3. The highest BCUT2D eigenvalue weighted by Gasteiger charge is 2.16. The first-order chi connectivity index (χ1) is 16.0. The zero-order valence-corrected chi connectivity index (χ0v) is 18.4. The average Bonchev–Trinajstić information content (AvgIpc) is 3.32. The van der Waals surface area contributed by atoms with Crippen LogP contribution in [-0.2, 0) is 6.54 Å². The van der Waals surface area contributed by atoms with E-state index in [0.717, 1.165) is 12.1 Å². The highest BCUT2D eigenvalue weighted by atomic mass is 16.5. The van der Waals surface area contributed by atoms with Gasteiger partial charge in [-0.1, -0.05) is 29.4 Å². The van der Waals surface area contributed by atoms with Gasteiger partial charge in [0.2, 0.25) is 0 Å². The van der Waals surface area contributed by atoms with Gasteiger partial charge in [-0.2, -0.15) is 0 Å². The van der Waals surface area contributed by atoms with Crippen molar-refractivity contribution in [2.24, 2.45) is 0 Å². The van der Waals surface area contributed by atoms with Crippen molar-refractivity contribution in [3.63, 3.8) is 0 Å². The van der Waals surface area contributed by atoms with Crippen LogP contribution >= 0.6 is 0 Å². The van der Waals surface area contributed by atoms with E-state index in [1.165, 1.54) is 16.2 Å². The van der Waals surface area contributed by atoms with Gasteiger partial charge in [-0.05, 0) is 25.6 Å². The summed E-state index contributed by atoms with van der Waals surface area (Å²) in [4.78, 5) is 21.3. The first kappa shape index (κ1) is 22.5. The molecule has 0 spiro atoms. The van der Waals surface area contributed by atoms with Gasteiger partial charge in [0.1, 0.15) is 11.4 Å². The van der Waals surface area contributed by atoms with Crippen molar-refractivity contribution in [1.29, 1.82) is 0 Å². The minimum atomic E-state index is -0.730. The third kappa shape index (κ3) is 4.75. The Kier molecular flexibility index (Phi) is 6.74. The molecule has 33 heavy (non-hydrogen) atoms. The fraction of sp³-hybridized carbons (Fsp3) is 0.250. The molecule has 4 rings (SSSR count). The van der Waals surface area contributed by atoms with E-state index in [9.17, 15) is 15.0 Å². The van der Waals surface area contributed by atoms with Gasteiger partial charge in [0.05, 0.1) is 36.8 Å². The number of benzene rings is 1. The zero-order chi connectivity index (χ0) is 23.4. The minimum absolute atomic E-state index is 0. The molecule has 9 heteroatoms. The van der Waals surface area contributed by atoms with Crippen LogP contribution in [0.5, 0.6) is 0 Å². The second kappa shape index (κ2) is 9.86.